The molecule has 1 fully saturated rings. The number of ketones is 1. The minimum Gasteiger partial charge on any atom is -0.357 e. The van der Waals surface area contributed by atoms with E-state index >= 15 is 0 Å². The predicted molar refractivity (Wildman–Crippen MR) is 114 cm³/mol. The van der Waals surface area contributed by atoms with Crippen molar-refractivity contribution < 1.29 is 9.18 Å². The maximum atomic E-state index is 13.2. The van der Waals surface area contributed by atoms with Crippen LogP contribution in [0.25, 0.3) is 0 Å². The third-order valence-electron chi connectivity index (χ3n) is 5.28. The summed E-state index contributed by atoms with van der Waals surface area (Å²) in [6.45, 7) is 5.50. The van der Waals surface area contributed by atoms with Crippen LogP contribution < -0.4 is 4.90 Å². The van der Waals surface area contributed by atoms with E-state index in [2.05, 4.69) is 28.8 Å². The summed E-state index contributed by atoms with van der Waals surface area (Å²) in [6.07, 6.45) is 2.36. The molecular formula is C21H26Cl2FN3O. The van der Waals surface area contributed by atoms with Gasteiger partial charge in [0.2, 0.25) is 0 Å². The van der Waals surface area contributed by atoms with Crippen LogP contribution in [0.5, 0.6) is 0 Å². The van der Waals surface area contributed by atoms with Crippen molar-refractivity contribution >= 4 is 35.6 Å². The van der Waals surface area contributed by atoms with Crippen LogP contribution in [0.3, 0.4) is 0 Å². The van der Waals surface area contributed by atoms with E-state index < -0.39 is 5.82 Å². The molecule has 7 heteroatoms. The lowest BCUT2D eigenvalue weighted by atomic mass is 10.0. The van der Waals surface area contributed by atoms with E-state index in [4.69, 9.17) is 11.6 Å². The number of pyridine rings is 1. The van der Waals surface area contributed by atoms with Gasteiger partial charge >= 0.3 is 0 Å². The fourth-order valence-corrected chi connectivity index (χ4v) is 3.82. The molecular weight excluding hydrogens is 400 g/mol. The molecule has 0 radical (unpaired) electrons. The van der Waals surface area contributed by atoms with Gasteiger partial charge in [-0.05, 0) is 49.7 Å². The number of carbonyl (C=O) groups is 1. The molecule has 4 nitrogen and oxygen atoms in total. The smallest absolute Gasteiger partial charge is 0.170 e. The molecule has 1 aromatic carbocycles. The minimum absolute atomic E-state index is 0. The Hall–Kier alpha value is -1.69. The SMILES string of the molecule is CCN1CCC(N(C)c2cccc(CC(=O)c3ccc(F)cc3Cl)n2)CC1.Cl. The van der Waals surface area contributed by atoms with Crippen LogP contribution in [0.15, 0.2) is 36.4 Å². The van der Waals surface area contributed by atoms with E-state index in [0.29, 0.717) is 17.3 Å². The summed E-state index contributed by atoms with van der Waals surface area (Å²) < 4.78 is 13.2. The Bertz CT molecular complexity index is 810. The van der Waals surface area contributed by atoms with Gasteiger partial charge in [-0.1, -0.05) is 24.6 Å². The first kappa shape index (κ1) is 22.6. The quantitative estimate of drug-likeness (QED) is 0.631. The minimum atomic E-state index is -0.451. The highest BCUT2D eigenvalue weighted by Crippen LogP contribution is 2.22. The molecule has 0 spiro atoms. The van der Waals surface area contributed by atoms with Gasteiger partial charge in [-0.3, -0.25) is 4.79 Å². The third-order valence-corrected chi connectivity index (χ3v) is 5.59. The molecule has 1 saturated heterocycles. The van der Waals surface area contributed by atoms with Crippen molar-refractivity contribution in [1.29, 1.82) is 0 Å². The monoisotopic (exact) mass is 425 g/mol. The van der Waals surface area contributed by atoms with Gasteiger partial charge in [0.15, 0.2) is 5.78 Å². The second-order valence-electron chi connectivity index (χ2n) is 6.99. The molecule has 0 aliphatic carbocycles. The second kappa shape index (κ2) is 10.2. The van der Waals surface area contributed by atoms with Crippen molar-refractivity contribution in [2.45, 2.75) is 32.2 Å². The molecule has 2 aromatic rings. The number of anilines is 1. The number of hydrogen-bond donors (Lipinski definition) is 0. The van der Waals surface area contributed by atoms with Crippen LogP contribution in [0.1, 0.15) is 35.8 Å². The fourth-order valence-electron chi connectivity index (χ4n) is 3.55. The van der Waals surface area contributed by atoms with E-state index in [1.54, 1.807) is 0 Å². The van der Waals surface area contributed by atoms with Gasteiger partial charge in [0, 0.05) is 31.7 Å². The summed E-state index contributed by atoms with van der Waals surface area (Å²) >= 11 is 6.00. The Kier molecular flexibility index (Phi) is 8.23. The molecule has 1 aliphatic heterocycles. The van der Waals surface area contributed by atoms with Crippen LogP contribution in [-0.4, -0.2) is 48.4 Å². The van der Waals surface area contributed by atoms with E-state index in [1.165, 1.54) is 12.1 Å². The summed E-state index contributed by atoms with van der Waals surface area (Å²) in [4.78, 5) is 21.9. The van der Waals surface area contributed by atoms with E-state index in [9.17, 15) is 9.18 Å². The Morgan fingerprint density at radius 1 is 1.29 bits per heavy atom. The van der Waals surface area contributed by atoms with E-state index in [-0.39, 0.29) is 29.6 Å². The zero-order valence-corrected chi connectivity index (χ0v) is 17.8. The highest BCUT2D eigenvalue weighted by Gasteiger charge is 2.23. The molecule has 0 unspecified atom stereocenters. The maximum Gasteiger partial charge on any atom is 0.170 e. The standard InChI is InChI=1S/C21H25ClFN3O.ClH/c1-3-26-11-9-17(10-12-26)25(2)21-6-4-5-16(24-21)14-20(27)18-8-7-15(23)13-19(18)22;/h4-8,13,17H,3,9-12,14H2,1-2H3;1H. The molecule has 0 N–H and O–H groups in total. The van der Waals surface area contributed by atoms with Crippen molar-refractivity contribution in [2.24, 2.45) is 0 Å². The molecule has 0 amide bonds. The van der Waals surface area contributed by atoms with Crippen LogP contribution in [0.2, 0.25) is 5.02 Å². The highest BCUT2D eigenvalue weighted by molar-refractivity contribution is 6.34. The number of carbonyl (C=O) groups excluding carboxylic acids is 1. The number of aromatic nitrogens is 1. The summed E-state index contributed by atoms with van der Waals surface area (Å²) in [5.74, 6) is 0.261. The number of rotatable bonds is 6. The van der Waals surface area contributed by atoms with Gasteiger partial charge in [-0.15, -0.1) is 12.4 Å². The molecule has 0 bridgehead atoms. The Morgan fingerprint density at radius 2 is 2.00 bits per heavy atom. The number of nitrogens with zero attached hydrogens (tertiary/aromatic N) is 3. The van der Waals surface area contributed by atoms with Gasteiger partial charge in [0.25, 0.3) is 0 Å². The van der Waals surface area contributed by atoms with Gasteiger partial charge in [-0.2, -0.15) is 0 Å². The number of likely N-dealkylation sites (tertiary alicyclic amines) is 1. The zero-order valence-electron chi connectivity index (χ0n) is 16.2. The largest absolute Gasteiger partial charge is 0.357 e. The van der Waals surface area contributed by atoms with Crippen LogP contribution >= 0.6 is 24.0 Å². The lowest BCUT2D eigenvalue weighted by Gasteiger charge is -2.37. The van der Waals surface area contributed by atoms with Crippen LogP contribution in [0, 0.1) is 5.82 Å². The topological polar surface area (TPSA) is 36.4 Å². The summed E-state index contributed by atoms with van der Waals surface area (Å²) in [6, 6.07) is 10.0. The van der Waals surface area contributed by atoms with Gasteiger partial charge in [-0.25, -0.2) is 9.37 Å². The lowest BCUT2D eigenvalue weighted by Crippen LogP contribution is -2.43. The first-order valence-corrected chi connectivity index (χ1v) is 9.75. The number of Topliss-reactive ketones (excluding diaryl/α,β-unsaturated/α-hetero) is 1. The molecule has 1 aliphatic rings. The summed E-state index contributed by atoms with van der Waals surface area (Å²) in [7, 11) is 2.07. The van der Waals surface area contributed by atoms with Crippen molar-refractivity contribution in [3.8, 4) is 0 Å². The van der Waals surface area contributed by atoms with E-state index in [0.717, 1.165) is 44.4 Å². The molecule has 0 saturated carbocycles. The average Bonchev–Trinajstić information content (AvgIpc) is 2.67. The second-order valence-corrected chi connectivity index (χ2v) is 7.39. The Balaban J connectivity index is 0.00000280. The molecule has 28 heavy (non-hydrogen) atoms. The molecule has 2 heterocycles. The Morgan fingerprint density at radius 3 is 2.64 bits per heavy atom. The highest BCUT2D eigenvalue weighted by atomic mass is 35.5. The number of halogens is 3. The van der Waals surface area contributed by atoms with Crippen LogP contribution in [-0.2, 0) is 6.42 Å². The van der Waals surface area contributed by atoms with Gasteiger partial charge in [0.05, 0.1) is 17.1 Å². The van der Waals surface area contributed by atoms with Crippen LogP contribution in [0.4, 0.5) is 10.2 Å². The van der Waals surface area contributed by atoms with Crippen molar-refractivity contribution in [3.05, 3.63) is 58.5 Å². The third kappa shape index (κ3) is 5.43. The first-order valence-electron chi connectivity index (χ1n) is 9.37. The van der Waals surface area contributed by atoms with E-state index in [1.807, 2.05) is 18.2 Å². The summed E-state index contributed by atoms with van der Waals surface area (Å²) in [5.41, 5.74) is 1.02. The number of piperidine rings is 1. The Labute approximate surface area is 177 Å². The maximum absolute atomic E-state index is 13.2. The molecule has 1 aromatic heterocycles. The molecule has 0 atom stereocenters. The van der Waals surface area contributed by atoms with Crippen molar-refractivity contribution in [3.63, 3.8) is 0 Å². The molecule has 3 rings (SSSR count). The predicted octanol–water partition coefficient (Wildman–Crippen LogP) is 4.64. The van der Waals surface area contributed by atoms with Gasteiger partial charge < -0.3 is 9.80 Å². The van der Waals surface area contributed by atoms with Gasteiger partial charge in [0.1, 0.15) is 11.6 Å². The number of hydrogen-bond acceptors (Lipinski definition) is 4. The first-order chi connectivity index (χ1) is 13.0. The summed E-state index contributed by atoms with van der Waals surface area (Å²) in [5, 5.41) is 0.135. The average molecular weight is 426 g/mol. The fraction of sp³-hybridized carbons (Fsp3) is 0.429. The normalized spacial score (nSPS) is 15.1. The zero-order chi connectivity index (χ0) is 19.4. The van der Waals surface area contributed by atoms with Crippen molar-refractivity contribution in [2.75, 3.05) is 31.6 Å². The number of benzene rings is 1. The molecule has 152 valence electrons. The lowest BCUT2D eigenvalue weighted by molar-refractivity contribution is 0.0992. The van der Waals surface area contributed by atoms with Crippen molar-refractivity contribution in [1.82, 2.24) is 9.88 Å².